The summed E-state index contributed by atoms with van der Waals surface area (Å²) in [6, 6.07) is 0. The van der Waals surface area contributed by atoms with Crippen LogP contribution < -0.4 is 17.3 Å². The maximum absolute atomic E-state index is 10.7. The Labute approximate surface area is 86.6 Å². The molecule has 1 heterocycles. The van der Waals surface area contributed by atoms with E-state index in [1.807, 2.05) is 0 Å². The summed E-state index contributed by atoms with van der Waals surface area (Å²) in [4.78, 5) is 12.3. The first-order chi connectivity index (χ1) is 5.29. The van der Waals surface area contributed by atoms with E-state index in [0.29, 0.717) is 5.78 Å². The Bertz CT molecular complexity index is 137. The van der Waals surface area contributed by atoms with Crippen LogP contribution in [0.2, 0.25) is 10.6 Å². The fourth-order valence-corrected chi connectivity index (χ4v) is 3.51. The molecule has 1 fully saturated rings. The maximum atomic E-state index is 10.7. The quantitative estimate of drug-likeness (QED) is 0.518. The molecule has 12 heavy (non-hydrogen) atoms. The van der Waals surface area contributed by atoms with Crippen molar-refractivity contribution in [1.82, 2.24) is 0 Å². The van der Waals surface area contributed by atoms with Crippen molar-refractivity contribution in [3.05, 3.63) is 0 Å². The fraction of sp³-hybridized carbons (Fsp3) is 0.875. The van der Waals surface area contributed by atoms with E-state index in [1.165, 1.54) is 23.7 Å². The summed E-state index contributed by atoms with van der Waals surface area (Å²) in [5, 5.41) is 2.83. The van der Waals surface area contributed by atoms with Crippen LogP contribution in [-0.4, -0.2) is 40.4 Å². The molecule has 0 spiro atoms. The Morgan fingerprint density at radius 2 is 2.00 bits per heavy atom. The maximum Gasteiger partial charge on any atom is -1.00 e. The minimum Gasteiger partial charge on any atom is -1.00 e. The van der Waals surface area contributed by atoms with Gasteiger partial charge >= 0.3 is 74.1 Å². The van der Waals surface area contributed by atoms with Crippen LogP contribution in [-0.2, 0) is 4.79 Å². The van der Waals surface area contributed by atoms with Gasteiger partial charge in [-0.05, 0) is 0 Å². The van der Waals surface area contributed by atoms with Gasteiger partial charge in [-0.1, -0.05) is 0 Å². The predicted molar refractivity (Wildman–Crippen MR) is 46.2 cm³/mol. The van der Waals surface area contributed by atoms with Crippen LogP contribution in [0, 0.1) is 0 Å². The average Bonchev–Trinajstić information content (AvgIpc) is 2.03. The van der Waals surface area contributed by atoms with Gasteiger partial charge in [-0.15, -0.1) is 0 Å². The smallest absolute Gasteiger partial charge is 1.00 e. The number of Topliss-reactive ketones (excluding diaryl/α,β-unsaturated/α-hetero) is 1. The molecule has 72 valence electrons. The third-order valence-electron chi connectivity index (χ3n) is 2.03. The molecule has 0 unspecified atom stereocenters. The van der Waals surface area contributed by atoms with Crippen LogP contribution in [0.3, 0.4) is 0 Å². The minimum absolute atomic E-state index is 0. The van der Waals surface area contributed by atoms with Crippen molar-refractivity contribution in [2.24, 2.45) is 0 Å². The second-order valence-electron chi connectivity index (χ2n) is 3.06. The molecule has 1 aliphatic heterocycles. The van der Waals surface area contributed by atoms with E-state index in [0.717, 1.165) is 27.9 Å². The summed E-state index contributed by atoms with van der Waals surface area (Å²) < 4.78 is 0. The standard InChI is InChI=1S/C8H15NOSe.ClH/c1-8(10)2-3-9-4-6-11-7-5-9;/h2-7H2,1H3;1H. The van der Waals surface area contributed by atoms with Gasteiger partial charge < -0.3 is 12.4 Å². The number of carbonyl (C=O) groups is 1. The number of carbonyl (C=O) groups excluding carboxylic acids is 1. The second-order valence-corrected chi connectivity index (χ2v) is 5.63. The van der Waals surface area contributed by atoms with E-state index in [4.69, 9.17) is 0 Å². The van der Waals surface area contributed by atoms with E-state index in [9.17, 15) is 4.79 Å². The van der Waals surface area contributed by atoms with Crippen LogP contribution in [0.1, 0.15) is 13.3 Å². The topological polar surface area (TPSA) is 21.5 Å². The van der Waals surface area contributed by atoms with E-state index in [1.54, 1.807) is 11.8 Å². The Morgan fingerprint density at radius 3 is 2.50 bits per heavy atom. The largest absolute Gasteiger partial charge is 1.00 e. The normalized spacial score (nSPS) is 18.4. The molecule has 0 aromatic carbocycles. The number of nitrogens with one attached hydrogen (secondary N) is 1. The third kappa shape index (κ3) is 5.15. The molecular formula is C8H16ClNOSe. The molecule has 1 saturated heterocycles. The van der Waals surface area contributed by atoms with Crippen molar-refractivity contribution >= 4 is 20.7 Å². The van der Waals surface area contributed by atoms with Crippen molar-refractivity contribution in [3.63, 3.8) is 0 Å². The summed E-state index contributed by atoms with van der Waals surface area (Å²) in [7, 11) is 0. The van der Waals surface area contributed by atoms with Crippen molar-refractivity contribution in [2.75, 3.05) is 19.6 Å². The average molecular weight is 257 g/mol. The van der Waals surface area contributed by atoms with Crippen LogP contribution >= 0.6 is 0 Å². The fourth-order valence-electron chi connectivity index (χ4n) is 1.26. The molecule has 4 heteroatoms. The second kappa shape index (κ2) is 6.90. The van der Waals surface area contributed by atoms with Crippen LogP contribution in [0.4, 0.5) is 0 Å². The molecule has 0 amide bonds. The molecule has 0 saturated carbocycles. The molecule has 2 nitrogen and oxygen atoms in total. The number of hydrogen-bond acceptors (Lipinski definition) is 1. The molecule has 1 N–H and O–H groups in total. The third-order valence-corrected chi connectivity index (χ3v) is 4.10. The SMILES string of the molecule is CC(=O)CC[NH+]1CC[Se]CC1.[Cl-]. The molecule has 1 aliphatic rings. The van der Waals surface area contributed by atoms with E-state index in [-0.39, 0.29) is 12.4 Å². The monoisotopic (exact) mass is 257 g/mol. The van der Waals surface area contributed by atoms with E-state index < -0.39 is 0 Å². The van der Waals surface area contributed by atoms with Gasteiger partial charge in [0, 0.05) is 0 Å². The van der Waals surface area contributed by atoms with Gasteiger partial charge in [-0.2, -0.15) is 0 Å². The van der Waals surface area contributed by atoms with Gasteiger partial charge in [-0.3, -0.25) is 0 Å². The van der Waals surface area contributed by atoms with Crippen molar-refractivity contribution in [2.45, 2.75) is 24.0 Å². The van der Waals surface area contributed by atoms with E-state index >= 15 is 0 Å². The van der Waals surface area contributed by atoms with Gasteiger partial charge in [0.15, 0.2) is 0 Å². The Kier molecular flexibility index (Phi) is 7.16. The number of ketones is 1. The van der Waals surface area contributed by atoms with Gasteiger partial charge in [0.25, 0.3) is 0 Å². The summed E-state index contributed by atoms with van der Waals surface area (Å²) in [6.07, 6.45) is 0.780. The summed E-state index contributed by atoms with van der Waals surface area (Å²) in [5.74, 6) is 0.341. The predicted octanol–water partition coefficient (Wildman–Crippen LogP) is -3.59. The van der Waals surface area contributed by atoms with Gasteiger partial charge in [0.2, 0.25) is 0 Å². The molecule has 0 bridgehead atoms. The summed E-state index contributed by atoms with van der Waals surface area (Å²) >= 11 is 0.916. The molecule has 0 radical (unpaired) electrons. The zero-order valence-corrected chi connectivity index (χ0v) is 9.91. The minimum atomic E-state index is 0. The molecule has 0 aromatic heterocycles. The Balaban J connectivity index is 0.00000121. The van der Waals surface area contributed by atoms with Gasteiger partial charge in [0.05, 0.1) is 0 Å². The molecular weight excluding hydrogens is 241 g/mol. The number of hydrogen-bond donors (Lipinski definition) is 1. The van der Waals surface area contributed by atoms with Crippen LogP contribution in [0.25, 0.3) is 0 Å². The first kappa shape index (κ1) is 12.4. The number of rotatable bonds is 3. The molecule has 0 aliphatic carbocycles. The summed E-state index contributed by atoms with van der Waals surface area (Å²) in [5.41, 5.74) is 0. The number of halogens is 1. The van der Waals surface area contributed by atoms with Crippen molar-refractivity contribution in [1.29, 1.82) is 0 Å². The first-order valence-corrected chi connectivity index (χ1v) is 6.62. The Hall–Kier alpha value is 0.439. The number of quaternary nitrogens is 1. The van der Waals surface area contributed by atoms with Crippen molar-refractivity contribution in [3.8, 4) is 0 Å². The molecule has 0 atom stereocenters. The molecule has 1 rings (SSSR count). The zero-order chi connectivity index (χ0) is 8.10. The van der Waals surface area contributed by atoms with Gasteiger partial charge in [-0.25, -0.2) is 0 Å². The zero-order valence-electron chi connectivity index (χ0n) is 7.44. The van der Waals surface area contributed by atoms with Crippen LogP contribution in [0.5, 0.6) is 0 Å². The van der Waals surface area contributed by atoms with Crippen molar-refractivity contribution < 1.29 is 22.1 Å². The van der Waals surface area contributed by atoms with Crippen LogP contribution in [0.15, 0.2) is 0 Å². The first-order valence-electron chi connectivity index (χ1n) is 4.20. The summed E-state index contributed by atoms with van der Waals surface area (Å²) in [6.45, 7) is 5.39. The van der Waals surface area contributed by atoms with E-state index in [2.05, 4.69) is 0 Å². The molecule has 0 aromatic rings. The van der Waals surface area contributed by atoms with Gasteiger partial charge in [0.1, 0.15) is 0 Å². The Morgan fingerprint density at radius 1 is 1.42 bits per heavy atom.